The lowest BCUT2D eigenvalue weighted by molar-refractivity contribution is -0.139. The first-order chi connectivity index (χ1) is 10.5. The molecular formula is C17H16FNO3. The van der Waals surface area contributed by atoms with Gasteiger partial charge in [0.25, 0.3) is 5.91 Å². The largest absolute Gasteiger partial charge is 0.480 e. The minimum absolute atomic E-state index is 0.136. The maximum absolute atomic E-state index is 13.6. The van der Waals surface area contributed by atoms with Crippen LogP contribution in [0.5, 0.6) is 0 Å². The van der Waals surface area contributed by atoms with Crippen molar-refractivity contribution in [2.24, 2.45) is 0 Å². The van der Waals surface area contributed by atoms with Gasteiger partial charge >= 0.3 is 5.97 Å². The fourth-order valence-electron chi connectivity index (χ4n) is 2.16. The first-order valence-corrected chi connectivity index (χ1v) is 6.81. The molecule has 0 aliphatic carbocycles. The molecule has 0 aliphatic rings. The van der Waals surface area contributed by atoms with Crippen molar-refractivity contribution in [2.75, 3.05) is 0 Å². The van der Waals surface area contributed by atoms with Crippen LogP contribution >= 0.6 is 0 Å². The number of aryl methyl sites for hydroxylation is 1. The number of hydrogen-bond donors (Lipinski definition) is 2. The molecular weight excluding hydrogens is 285 g/mol. The van der Waals surface area contributed by atoms with Gasteiger partial charge in [0.05, 0.1) is 5.56 Å². The second-order valence-corrected chi connectivity index (χ2v) is 5.04. The van der Waals surface area contributed by atoms with E-state index in [2.05, 4.69) is 5.32 Å². The number of benzene rings is 2. The Balaban J connectivity index is 2.14. The number of carboxylic acids is 1. The van der Waals surface area contributed by atoms with Crippen LogP contribution < -0.4 is 5.32 Å². The van der Waals surface area contributed by atoms with Crippen LogP contribution in [0.3, 0.4) is 0 Å². The van der Waals surface area contributed by atoms with Crippen LogP contribution in [0.15, 0.2) is 48.5 Å². The molecule has 0 bridgehead atoms. The van der Waals surface area contributed by atoms with Crippen molar-refractivity contribution in [3.63, 3.8) is 0 Å². The maximum atomic E-state index is 13.6. The Bertz CT molecular complexity index is 700. The van der Waals surface area contributed by atoms with Crippen molar-refractivity contribution in [3.05, 3.63) is 71.0 Å². The lowest BCUT2D eigenvalue weighted by Crippen LogP contribution is -2.42. The lowest BCUT2D eigenvalue weighted by Gasteiger charge is -2.15. The summed E-state index contributed by atoms with van der Waals surface area (Å²) in [5.74, 6) is -2.58. The first kappa shape index (κ1) is 15.7. The van der Waals surface area contributed by atoms with Crippen LogP contribution in [0, 0.1) is 12.7 Å². The molecule has 22 heavy (non-hydrogen) atoms. The van der Waals surface area contributed by atoms with Gasteiger partial charge in [0.2, 0.25) is 0 Å². The fourth-order valence-corrected chi connectivity index (χ4v) is 2.16. The number of nitrogens with one attached hydrogen (secondary N) is 1. The van der Waals surface area contributed by atoms with Crippen molar-refractivity contribution in [2.45, 2.75) is 19.4 Å². The zero-order chi connectivity index (χ0) is 16.1. The van der Waals surface area contributed by atoms with Gasteiger partial charge in [-0.1, -0.05) is 42.0 Å². The van der Waals surface area contributed by atoms with E-state index in [-0.39, 0.29) is 12.0 Å². The SMILES string of the molecule is Cc1cccc(C[C@@H](NC(=O)c2ccccc2F)C(=O)O)c1. The third kappa shape index (κ3) is 3.91. The summed E-state index contributed by atoms with van der Waals surface area (Å²) in [6.45, 7) is 1.90. The number of amides is 1. The van der Waals surface area contributed by atoms with E-state index in [1.165, 1.54) is 18.2 Å². The van der Waals surface area contributed by atoms with Gasteiger partial charge in [0, 0.05) is 6.42 Å². The van der Waals surface area contributed by atoms with Gasteiger partial charge in [-0.15, -0.1) is 0 Å². The van der Waals surface area contributed by atoms with Gasteiger partial charge < -0.3 is 10.4 Å². The Labute approximate surface area is 127 Å². The molecule has 2 aromatic carbocycles. The minimum Gasteiger partial charge on any atom is -0.480 e. The van der Waals surface area contributed by atoms with Gasteiger partial charge in [-0.3, -0.25) is 4.79 Å². The zero-order valence-corrected chi connectivity index (χ0v) is 12.0. The molecule has 0 radical (unpaired) electrons. The Morgan fingerprint density at radius 1 is 1.18 bits per heavy atom. The summed E-state index contributed by atoms with van der Waals surface area (Å²) in [5, 5.41) is 11.6. The number of carboxylic acid groups (broad SMARTS) is 1. The first-order valence-electron chi connectivity index (χ1n) is 6.81. The van der Waals surface area contributed by atoms with E-state index in [0.717, 1.165) is 17.2 Å². The Kier molecular flexibility index (Phi) is 4.88. The molecule has 1 atom stereocenters. The number of carbonyl (C=O) groups excluding carboxylic acids is 1. The molecule has 1 amide bonds. The standard InChI is InChI=1S/C17H16FNO3/c1-11-5-4-6-12(9-11)10-15(17(21)22)19-16(20)13-7-2-3-8-14(13)18/h2-9,15H,10H2,1H3,(H,19,20)(H,21,22)/t15-/m1/s1. The smallest absolute Gasteiger partial charge is 0.326 e. The summed E-state index contributed by atoms with van der Waals surface area (Å²) >= 11 is 0. The van der Waals surface area contributed by atoms with Crippen molar-refractivity contribution >= 4 is 11.9 Å². The van der Waals surface area contributed by atoms with E-state index >= 15 is 0 Å². The van der Waals surface area contributed by atoms with Crippen LogP contribution in [0.4, 0.5) is 4.39 Å². The van der Waals surface area contributed by atoms with Crippen LogP contribution in [0.1, 0.15) is 21.5 Å². The van der Waals surface area contributed by atoms with Crippen molar-refractivity contribution < 1.29 is 19.1 Å². The van der Waals surface area contributed by atoms with E-state index in [0.29, 0.717) is 0 Å². The number of rotatable bonds is 5. The molecule has 0 aromatic heterocycles. The molecule has 2 aromatic rings. The highest BCUT2D eigenvalue weighted by Crippen LogP contribution is 2.10. The van der Waals surface area contributed by atoms with Crippen LogP contribution in [-0.2, 0) is 11.2 Å². The molecule has 0 unspecified atom stereocenters. The normalized spacial score (nSPS) is 11.7. The van der Waals surface area contributed by atoms with Crippen LogP contribution in [0.2, 0.25) is 0 Å². The number of hydrogen-bond acceptors (Lipinski definition) is 2. The molecule has 0 spiro atoms. The van der Waals surface area contributed by atoms with E-state index in [1.54, 1.807) is 6.07 Å². The average molecular weight is 301 g/mol. The number of halogens is 1. The van der Waals surface area contributed by atoms with Crippen LogP contribution in [0.25, 0.3) is 0 Å². The van der Waals surface area contributed by atoms with Gasteiger partial charge in [0.15, 0.2) is 0 Å². The Morgan fingerprint density at radius 3 is 2.55 bits per heavy atom. The van der Waals surface area contributed by atoms with E-state index in [1.807, 2.05) is 25.1 Å². The third-order valence-electron chi connectivity index (χ3n) is 3.24. The van der Waals surface area contributed by atoms with Crippen molar-refractivity contribution in [1.29, 1.82) is 0 Å². The summed E-state index contributed by atoms with van der Waals surface area (Å²) < 4.78 is 13.6. The topological polar surface area (TPSA) is 66.4 Å². The molecule has 0 fully saturated rings. The summed E-state index contributed by atoms with van der Waals surface area (Å²) in [5.41, 5.74) is 1.63. The second-order valence-electron chi connectivity index (χ2n) is 5.04. The van der Waals surface area contributed by atoms with Crippen molar-refractivity contribution in [1.82, 2.24) is 5.32 Å². The van der Waals surface area contributed by atoms with Crippen LogP contribution in [-0.4, -0.2) is 23.0 Å². The molecule has 4 nitrogen and oxygen atoms in total. The molecule has 2 rings (SSSR count). The number of carbonyl (C=O) groups is 2. The summed E-state index contributed by atoms with van der Waals surface area (Å²) in [6.07, 6.45) is 0.136. The Morgan fingerprint density at radius 2 is 1.91 bits per heavy atom. The summed E-state index contributed by atoms with van der Waals surface area (Å²) in [7, 11) is 0. The summed E-state index contributed by atoms with van der Waals surface area (Å²) in [4.78, 5) is 23.4. The highest BCUT2D eigenvalue weighted by Gasteiger charge is 2.22. The number of aliphatic carboxylic acids is 1. The van der Waals surface area contributed by atoms with E-state index in [4.69, 9.17) is 0 Å². The molecule has 0 heterocycles. The lowest BCUT2D eigenvalue weighted by atomic mass is 10.0. The van der Waals surface area contributed by atoms with Gasteiger partial charge in [-0.25, -0.2) is 9.18 Å². The van der Waals surface area contributed by atoms with Gasteiger partial charge in [0.1, 0.15) is 11.9 Å². The average Bonchev–Trinajstić information content (AvgIpc) is 2.46. The zero-order valence-electron chi connectivity index (χ0n) is 12.0. The third-order valence-corrected chi connectivity index (χ3v) is 3.24. The van der Waals surface area contributed by atoms with E-state index < -0.39 is 23.7 Å². The maximum Gasteiger partial charge on any atom is 0.326 e. The summed E-state index contributed by atoms with van der Waals surface area (Å²) in [6, 6.07) is 11.7. The fraction of sp³-hybridized carbons (Fsp3) is 0.176. The predicted octanol–water partition coefficient (Wildman–Crippen LogP) is 2.56. The molecule has 0 aliphatic heterocycles. The molecule has 0 saturated carbocycles. The molecule has 2 N–H and O–H groups in total. The quantitative estimate of drug-likeness (QED) is 0.892. The predicted molar refractivity (Wildman–Crippen MR) is 80.2 cm³/mol. The minimum atomic E-state index is -1.16. The molecule has 5 heteroatoms. The van der Waals surface area contributed by atoms with Gasteiger partial charge in [-0.2, -0.15) is 0 Å². The molecule has 0 saturated heterocycles. The highest BCUT2D eigenvalue weighted by atomic mass is 19.1. The molecule has 114 valence electrons. The Hall–Kier alpha value is -2.69. The second kappa shape index (κ2) is 6.85. The highest BCUT2D eigenvalue weighted by molar-refractivity contribution is 5.96. The van der Waals surface area contributed by atoms with Crippen molar-refractivity contribution in [3.8, 4) is 0 Å². The van der Waals surface area contributed by atoms with Gasteiger partial charge in [-0.05, 0) is 24.6 Å². The monoisotopic (exact) mass is 301 g/mol. The van der Waals surface area contributed by atoms with E-state index in [9.17, 15) is 19.1 Å².